The van der Waals surface area contributed by atoms with Gasteiger partial charge in [-0.05, 0) is 52.7 Å². The van der Waals surface area contributed by atoms with Gasteiger partial charge in [0.2, 0.25) is 0 Å². The molecule has 0 saturated carbocycles. The molecule has 0 aliphatic carbocycles. The second kappa shape index (κ2) is 10.5. The van der Waals surface area contributed by atoms with Crippen LogP contribution >= 0.6 is 15.9 Å². The van der Waals surface area contributed by atoms with E-state index in [1.54, 1.807) is 37.3 Å². The van der Waals surface area contributed by atoms with Gasteiger partial charge in [-0.2, -0.15) is 9.78 Å². The summed E-state index contributed by atoms with van der Waals surface area (Å²) in [5, 5.41) is 4.94. The standard InChI is InChI=1S/C26H22BrN3O5/c1-16(26(32)34-3)35-23-20(27)13-17(14-22(23)33-2)15-28-30-24(18-9-5-4-6-10-18)29-21-12-8-7-11-19(21)25(30)31/h4-16H,1-3H3/t16-/m0/s1. The Balaban J connectivity index is 1.78. The van der Waals surface area contributed by atoms with Gasteiger partial charge < -0.3 is 14.2 Å². The lowest BCUT2D eigenvalue weighted by molar-refractivity contribution is -0.147. The quantitative estimate of drug-likeness (QED) is 0.252. The lowest BCUT2D eigenvalue weighted by Gasteiger charge is -2.17. The average molecular weight is 536 g/mol. The van der Waals surface area contributed by atoms with Crippen LogP contribution in [-0.2, 0) is 9.53 Å². The molecule has 178 valence electrons. The van der Waals surface area contributed by atoms with E-state index in [4.69, 9.17) is 19.2 Å². The molecule has 0 unspecified atom stereocenters. The molecule has 1 atom stereocenters. The summed E-state index contributed by atoms with van der Waals surface area (Å²) in [5.74, 6) is 0.630. The van der Waals surface area contributed by atoms with E-state index >= 15 is 0 Å². The fourth-order valence-corrected chi connectivity index (χ4v) is 4.00. The maximum atomic E-state index is 13.3. The third-order valence-corrected chi connectivity index (χ3v) is 5.78. The molecule has 1 heterocycles. The zero-order chi connectivity index (χ0) is 24.9. The van der Waals surface area contributed by atoms with Crippen molar-refractivity contribution in [3.63, 3.8) is 0 Å². The highest BCUT2D eigenvalue weighted by Gasteiger charge is 2.20. The van der Waals surface area contributed by atoms with Crippen LogP contribution in [-0.4, -0.2) is 42.2 Å². The molecular weight excluding hydrogens is 514 g/mol. The van der Waals surface area contributed by atoms with Gasteiger partial charge in [-0.3, -0.25) is 4.79 Å². The number of hydrogen-bond acceptors (Lipinski definition) is 7. The predicted molar refractivity (Wildman–Crippen MR) is 137 cm³/mol. The molecule has 4 aromatic rings. The molecular formula is C26H22BrN3O5. The summed E-state index contributed by atoms with van der Waals surface area (Å²) in [5.41, 5.74) is 1.69. The molecule has 4 rings (SSSR count). The first-order valence-electron chi connectivity index (χ1n) is 10.7. The molecule has 0 spiro atoms. The molecule has 0 radical (unpaired) electrons. The minimum atomic E-state index is -0.833. The third-order valence-electron chi connectivity index (χ3n) is 5.19. The first-order chi connectivity index (χ1) is 16.9. The highest BCUT2D eigenvalue weighted by atomic mass is 79.9. The largest absolute Gasteiger partial charge is 0.493 e. The van der Waals surface area contributed by atoms with Gasteiger partial charge in [0.25, 0.3) is 5.56 Å². The van der Waals surface area contributed by atoms with Crippen molar-refractivity contribution in [3.8, 4) is 22.9 Å². The number of carbonyl (C=O) groups excluding carboxylic acids is 1. The summed E-state index contributed by atoms with van der Waals surface area (Å²) >= 11 is 3.46. The fourth-order valence-electron chi connectivity index (χ4n) is 3.45. The minimum Gasteiger partial charge on any atom is -0.493 e. The van der Waals surface area contributed by atoms with E-state index in [1.807, 2.05) is 36.4 Å². The van der Waals surface area contributed by atoms with E-state index < -0.39 is 12.1 Å². The number of fused-ring (bicyclic) bond motifs is 1. The van der Waals surface area contributed by atoms with Crippen LogP contribution in [0.25, 0.3) is 22.3 Å². The van der Waals surface area contributed by atoms with E-state index in [2.05, 4.69) is 21.0 Å². The number of esters is 1. The van der Waals surface area contributed by atoms with Gasteiger partial charge in [0.15, 0.2) is 23.4 Å². The first kappa shape index (κ1) is 24.2. The van der Waals surface area contributed by atoms with Crippen molar-refractivity contribution in [2.75, 3.05) is 14.2 Å². The molecule has 0 saturated heterocycles. The average Bonchev–Trinajstić information content (AvgIpc) is 2.89. The normalized spacial score (nSPS) is 12.0. The lowest BCUT2D eigenvalue weighted by Crippen LogP contribution is -2.25. The molecule has 0 aliphatic rings. The van der Waals surface area contributed by atoms with Crippen LogP contribution < -0.4 is 15.0 Å². The smallest absolute Gasteiger partial charge is 0.346 e. The van der Waals surface area contributed by atoms with Gasteiger partial charge in [-0.1, -0.05) is 42.5 Å². The van der Waals surface area contributed by atoms with Crippen molar-refractivity contribution < 1.29 is 19.0 Å². The number of aromatic nitrogens is 2. The first-order valence-corrected chi connectivity index (χ1v) is 11.5. The fraction of sp³-hybridized carbons (Fsp3) is 0.154. The Hall–Kier alpha value is -3.98. The maximum Gasteiger partial charge on any atom is 0.346 e. The predicted octanol–water partition coefficient (Wildman–Crippen LogP) is 4.66. The van der Waals surface area contributed by atoms with Crippen LogP contribution in [0.2, 0.25) is 0 Å². The number of methoxy groups -OCH3 is 2. The molecule has 0 aliphatic heterocycles. The van der Waals surface area contributed by atoms with E-state index in [9.17, 15) is 9.59 Å². The molecule has 1 aromatic heterocycles. The number of nitrogens with zero attached hydrogens (tertiary/aromatic N) is 3. The SMILES string of the molecule is COC(=O)[C@H](C)Oc1c(Br)cc(C=Nn2c(-c3ccccc3)nc3ccccc3c2=O)cc1OC. The Morgan fingerprint density at radius 2 is 1.80 bits per heavy atom. The minimum absolute atomic E-state index is 0.288. The maximum absolute atomic E-state index is 13.3. The number of carbonyl (C=O) groups is 1. The molecule has 0 N–H and O–H groups in total. The van der Waals surface area contributed by atoms with Crippen LogP contribution in [0.4, 0.5) is 0 Å². The number of rotatable bonds is 7. The molecule has 0 amide bonds. The van der Waals surface area contributed by atoms with E-state index in [-0.39, 0.29) is 5.56 Å². The van der Waals surface area contributed by atoms with E-state index in [0.29, 0.717) is 38.3 Å². The Labute approximate surface area is 209 Å². The van der Waals surface area contributed by atoms with Crippen molar-refractivity contribution in [1.29, 1.82) is 0 Å². The summed E-state index contributed by atoms with van der Waals surface area (Å²) in [7, 11) is 2.78. The highest BCUT2D eigenvalue weighted by Crippen LogP contribution is 2.37. The topological polar surface area (TPSA) is 92.0 Å². The third kappa shape index (κ3) is 5.09. The second-order valence-corrected chi connectivity index (χ2v) is 8.35. The van der Waals surface area contributed by atoms with E-state index in [0.717, 1.165) is 5.56 Å². The van der Waals surface area contributed by atoms with Crippen LogP contribution in [0.5, 0.6) is 11.5 Å². The molecule has 9 heteroatoms. The number of ether oxygens (including phenoxy) is 3. The number of benzene rings is 3. The van der Waals surface area contributed by atoms with E-state index in [1.165, 1.54) is 25.1 Å². The van der Waals surface area contributed by atoms with Gasteiger partial charge in [0, 0.05) is 5.56 Å². The Morgan fingerprint density at radius 1 is 1.09 bits per heavy atom. The van der Waals surface area contributed by atoms with Gasteiger partial charge >= 0.3 is 5.97 Å². The number of para-hydroxylation sites is 1. The monoisotopic (exact) mass is 535 g/mol. The van der Waals surface area contributed by atoms with Crippen molar-refractivity contribution >= 4 is 39.0 Å². The Morgan fingerprint density at radius 3 is 2.51 bits per heavy atom. The molecule has 0 fully saturated rings. The summed E-state index contributed by atoms with van der Waals surface area (Å²) in [6, 6.07) is 20.0. The lowest BCUT2D eigenvalue weighted by atomic mass is 10.2. The van der Waals surface area contributed by atoms with Gasteiger partial charge in [0.05, 0.1) is 35.8 Å². The van der Waals surface area contributed by atoms with Gasteiger partial charge in [0.1, 0.15) is 0 Å². The Kier molecular flexibility index (Phi) is 7.26. The number of hydrogen-bond donors (Lipinski definition) is 0. The van der Waals surface area contributed by atoms with Crippen LogP contribution in [0.15, 0.2) is 81.1 Å². The van der Waals surface area contributed by atoms with Gasteiger partial charge in [-0.25, -0.2) is 9.78 Å². The highest BCUT2D eigenvalue weighted by molar-refractivity contribution is 9.10. The summed E-state index contributed by atoms with van der Waals surface area (Å²) < 4.78 is 17.7. The van der Waals surface area contributed by atoms with Crippen LogP contribution in [0, 0.1) is 0 Å². The zero-order valence-electron chi connectivity index (χ0n) is 19.3. The van der Waals surface area contributed by atoms with Crippen molar-refractivity contribution in [3.05, 3.63) is 87.1 Å². The second-order valence-electron chi connectivity index (χ2n) is 7.50. The van der Waals surface area contributed by atoms with Crippen LogP contribution in [0.3, 0.4) is 0 Å². The summed E-state index contributed by atoms with van der Waals surface area (Å²) in [4.78, 5) is 29.8. The van der Waals surface area contributed by atoms with Crippen molar-refractivity contribution in [1.82, 2.24) is 9.66 Å². The molecule has 35 heavy (non-hydrogen) atoms. The van der Waals surface area contributed by atoms with Crippen LogP contribution in [0.1, 0.15) is 12.5 Å². The Bertz CT molecular complexity index is 1470. The molecule has 3 aromatic carbocycles. The van der Waals surface area contributed by atoms with Crippen molar-refractivity contribution in [2.24, 2.45) is 5.10 Å². The molecule has 0 bridgehead atoms. The van der Waals surface area contributed by atoms with Gasteiger partial charge in [-0.15, -0.1) is 0 Å². The number of halogens is 1. The summed E-state index contributed by atoms with van der Waals surface area (Å²) in [6.07, 6.45) is 0.700. The van der Waals surface area contributed by atoms with Crippen molar-refractivity contribution in [2.45, 2.75) is 13.0 Å². The summed E-state index contributed by atoms with van der Waals surface area (Å²) in [6.45, 7) is 1.58. The zero-order valence-corrected chi connectivity index (χ0v) is 20.9. The molecule has 8 nitrogen and oxygen atoms in total.